The fourth-order valence-electron chi connectivity index (χ4n) is 4.51. The van der Waals surface area contributed by atoms with Gasteiger partial charge in [0.25, 0.3) is 21.8 Å². The molecule has 1 unspecified atom stereocenters. The summed E-state index contributed by atoms with van der Waals surface area (Å²) >= 11 is 0. The number of nitrogens with one attached hydrogen (secondary N) is 2. The lowest BCUT2D eigenvalue weighted by molar-refractivity contribution is -0.135. The Morgan fingerprint density at radius 1 is 1.16 bits per heavy atom. The highest BCUT2D eigenvalue weighted by Gasteiger charge is 2.43. The number of amides is 2. The predicted molar refractivity (Wildman–Crippen MR) is 138 cm³/mol. The van der Waals surface area contributed by atoms with E-state index in [1.54, 1.807) is 24.3 Å². The van der Waals surface area contributed by atoms with Gasteiger partial charge in [0.05, 0.1) is 11.4 Å². The van der Waals surface area contributed by atoms with Crippen molar-refractivity contribution < 1.29 is 31.6 Å². The third-order valence-corrected chi connectivity index (χ3v) is 8.12. The zero-order chi connectivity index (χ0) is 27.4. The van der Waals surface area contributed by atoms with Crippen molar-refractivity contribution in [3.8, 4) is 0 Å². The van der Waals surface area contributed by atoms with Crippen molar-refractivity contribution in [3.63, 3.8) is 0 Å². The van der Waals surface area contributed by atoms with Crippen molar-refractivity contribution in [3.05, 3.63) is 66.2 Å². The average Bonchev–Trinajstić information content (AvgIpc) is 3.20. The number of ketones is 1. The fraction of sp³-hybridized carbons (Fsp3) is 0.370. The molecule has 2 atom stereocenters. The number of hydrogen-bond acceptors (Lipinski definition) is 7. The van der Waals surface area contributed by atoms with Gasteiger partial charge in [-0.05, 0) is 62.1 Å². The van der Waals surface area contributed by atoms with Gasteiger partial charge in [-0.25, -0.2) is 17.1 Å². The van der Waals surface area contributed by atoms with Crippen LogP contribution in [0.2, 0.25) is 0 Å². The number of furan rings is 1. The number of carbonyl (C=O) groups excluding carboxylic acids is 3. The molecule has 2 amide bonds. The van der Waals surface area contributed by atoms with E-state index in [9.17, 15) is 27.2 Å². The lowest BCUT2D eigenvalue weighted by atomic mass is 10.0. The van der Waals surface area contributed by atoms with Crippen molar-refractivity contribution in [2.45, 2.75) is 50.1 Å². The first-order valence-electron chi connectivity index (χ1n) is 12.4. The molecule has 9 nitrogen and oxygen atoms in total. The van der Waals surface area contributed by atoms with E-state index < -0.39 is 50.4 Å². The zero-order valence-electron chi connectivity index (χ0n) is 21.1. The Balaban J connectivity index is 1.73. The summed E-state index contributed by atoms with van der Waals surface area (Å²) < 4.78 is 47.7. The molecular weight excluding hydrogens is 513 g/mol. The second-order valence-corrected chi connectivity index (χ2v) is 11.5. The molecule has 2 aromatic carbocycles. The molecule has 1 aliphatic rings. The first-order valence-corrected chi connectivity index (χ1v) is 13.9. The van der Waals surface area contributed by atoms with Crippen LogP contribution < -0.4 is 10.6 Å². The number of sulfonamides is 1. The largest absolute Gasteiger partial charge is 0.451 e. The number of hydrogen-bond donors (Lipinski definition) is 2. The summed E-state index contributed by atoms with van der Waals surface area (Å²) in [6, 6.07) is 10.2. The number of para-hydroxylation sites is 1. The van der Waals surface area contributed by atoms with E-state index >= 15 is 0 Å². The number of rotatable bonds is 8. The van der Waals surface area contributed by atoms with Crippen LogP contribution in [-0.2, 0) is 19.6 Å². The minimum Gasteiger partial charge on any atom is -0.451 e. The molecule has 2 heterocycles. The number of carbonyl (C=O) groups is 3. The molecule has 0 bridgehead atoms. The topological polar surface area (TPSA) is 126 Å². The zero-order valence-corrected chi connectivity index (χ0v) is 22.0. The molecule has 0 spiro atoms. The Bertz CT molecular complexity index is 1420. The summed E-state index contributed by atoms with van der Waals surface area (Å²) in [5.41, 5.74) is 0.483. The van der Waals surface area contributed by atoms with Crippen molar-refractivity contribution in [2.75, 3.05) is 13.1 Å². The standard InChI is InChI=1S/C27H30FN3O6S/c1-17(2)13-21(30-26(33)25-14-18-7-3-4-11-24(18)37-25)27(34)31(22-10-6-12-29-16-23(22)32)38(35,36)20-9-5-8-19(28)15-20/h3-5,7-9,11,14-15,17,21-22,29H,6,10,12-13,16H2,1-2H3,(H,30,33)/t21-,22?/m0/s1. The Hall–Kier alpha value is -3.57. The SMILES string of the molecule is CC(C)C[C@H](NC(=O)c1cc2ccccc2o1)C(=O)N(C1CCCNCC1=O)S(=O)(=O)c1cccc(F)c1. The summed E-state index contributed by atoms with van der Waals surface area (Å²) in [5, 5.41) is 6.24. The highest BCUT2D eigenvalue weighted by molar-refractivity contribution is 7.89. The van der Waals surface area contributed by atoms with Gasteiger partial charge >= 0.3 is 0 Å². The highest BCUT2D eigenvalue weighted by atomic mass is 32.2. The van der Waals surface area contributed by atoms with E-state index in [1.165, 1.54) is 18.2 Å². The number of halogens is 1. The Labute approximate surface area is 220 Å². The predicted octanol–water partition coefficient (Wildman–Crippen LogP) is 3.26. The molecule has 1 aliphatic heterocycles. The minimum absolute atomic E-state index is 0.0398. The molecule has 2 N–H and O–H groups in total. The van der Waals surface area contributed by atoms with Crippen LogP contribution >= 0.6 is 0 Å². The maximum atomic E-state index is 14.0. The maximum Gasteiger partial charge on any atom is 0.287 e. The average molecular weight is 544 g/mol. The van der Waals surface area contributed by atoms with Gasteiger partial charge in [-0.3, -0.25) is 14.4 Å². The molecule has 0 radical (unpaired) electrons. The lowest BCUT2D eigenvalue weighted by Crippen LogP contribution is -2.56. The van der Waals surface area contributed by atoms with Crippen molar-refractivity contribution >= 4 is 38.6 Å². The molecule has 1 aromatic heterocycles. The third kappa shape index (κ3) is 5.94. The fourth-order valence-corrected chi connectivity index (χ4v) is 6.17. The van der Waals surface area contributed by atoms with Crippen molar-refractivity contribution in [2.24, 2.45) is 5.92 Å². The molecule has 0 aliphatic carbocycles. The van der Waals surface area contributed by atoms with E-state index in [0.29, 0.717) is 28.2 Å². The van der Waals surface area contributed by atoms with Crippen molar-refractivity contribution in [1.29, 1.82) is 0 Å². The Morgan fingerprint density at radius 3 is 2.63 bits per heavy atom. The van der Waals surface area contributed by atoms with Gasteiger partial charge in [0.15, 0.2) is 11.5 Å². The summed E-state index contributed by atoms with van der Waals surface area (Å²) in [5.74, 6) is -3.11. The van der Waals surface area contributed by atoms with Crippen LogP contribution in [0.3, 0.4) is 0 Å². The molecule has 1 fully saturated rings. The van der Waals surface area contributed by atoms with E-state index in [2.05, 4.69) is 10.6 Å². The van der Waals surface area contributed by atoms with Gasteiger partial charge in [-0.2, -0.15) is 0 Å². The van der Waals surface area contributed by atoms with Crippen LogP contribution in [0.5, 0.6) is 0 Å². The summed E-state index contributed by atoms with van der Waals surface area (Å²) in [4.78, 5) is 39.7. The first kappa shape index (κ1) is 27.5. The van der Waals surface area contributed by atoms with Crippen LogP contribution in [-0.4, -0.2) is 55.5 Å². The molecule has 0 saturated carbocycles. The second-order valence-electron chi connectivity index (χ2n) is 9.70. The number of benzene rings is 2. The van der Waals surface area contributed by atoms with Crippen LogP contribution in [0.1, 0.15) is 43.7 Å². The highest BCUT2D eigenvalue weighted by Crippen LogP contribution is 2.26. The van der Waals surface area contributed by atoms with Gasteiger partial charge in [0.2, 0.25) is 0 Å². The smallest absolute Gasteiger partial charge is 0.287 e. The van der Waals surface area contributed by atoms with Crippen LogP contribution in [0.15, 0.2) is 63.9 Å². The minimum atomic E-state index is -4.65. The molecule has 38 heavy (non-hydrogen) atoms. The maximum absolute atomic E-state index is 14.0. The molecular formula is C27H30FN3O6S. The molecule has 202 valence electrons. The lowest BCUT2D eigenvalue weighted by Gasteiger charge is -2.33. The summed E-state index contributed by atoms with van der Waals surface area (Å²) in [7, 11) is -4.65. The van der Waals surface area contributed by atoms with Crippen molar-refractivity contribution in [1.82, 2.24) is 14.9 Å². The van der Waals surface area contributed by atoms with E-state index in [1.807, 2.05) is 13.8 Å². The van der Waals surface area contributed by atoms with Gasteiger partial charge < -0.3 is 15.1 Å². The van der Waals surface area contributed by atoms with Gasteiger partial charge in [-0.1, -0.05) is 38.1 Å². The Kier molecular flexibility index (Phi) is 8.27. The van der Waals surface area contributed by atoms with E-state index in [-0.39, 0.29) is 31.1 Å². The number of fused-ring (bicyclic) bond motifs is 1. The van der Waals surface area contributed by atoms with Crippen LogP contribution in [0.4, 0.5) is 4.39 Å². The number of nitrogens with zero attached hydrogens (tertiary/aromatic N) is 1. The molecule has 1 saturated heterocycles. The molecule has 11 heteroatoms. The van der Waals surface area contributed by atoms with Gasteiger partial charge in [0.1, 0.15) is 23.5 Å². The molecule has 3 aromatic rings. The second kappa shape index (κ2) is 11.4. The van der Waals surface area contributed by atoms with Gasteiger partial charge in [-0.15, -0.1) is 0 Å². The molecule has 4 rings (SSSR count). The quantitative estimate of drug-likeness (QED) is 0.447. The number of Topliss-reactive ketones (excluding diaryl/α,β-unsaturated/α-hetero) is 1. The van der Waals surface area contributed by atoms with Gasteiger partial charge in [0, 0.05) is 5.39 Å². The Morgan fingerprint density at radius 2 is 1.92 bits per heavy atom. The van der Waals surface area contributed by atoms with E-state index in [4.69, 9.17) is 4.42 Å². The third-order valence-electron chi connectivity index (χ3n) is 6.32. The normalized spacial score (nSPS) is 17.3. The van der Waals surface area contributed by atoms with E-state index in [0.717, 1.165) is 12.1 Å². The van der Waals surface area contributed by atoms with Crippen LogP contribution in [0.25, 0.3) is 11.0 Å². The summed E-state index contributed by atoms with van der Waals surface area (Å²) in [6.07, 6.45) is 0.635. The summed E-state index contributed by atoms with van der Waals surface area (Å²) in [6.45, 7) is 4.00. The monoisotopic (exact) mass is 543 g/mol. The van der Waals surface area contributed by atoms with Crippen LogP contribution in [0, 0.1) is 11.7 Å². The first-order chi connectivity index (χ1) is 18.1.